The summed E-state index contributed by atoms with van der Waals surface area (Å²) in [5.41, 5.74) is 1.78. The van der Waals surface area contributed by atoms with E-state index in [0.717, 1.165) is 25.6 Å². The van der Waals surface area contributed by atoms with Gasteiger partial charge in [0.25, 0.3) is 0 Å². The van der Waals surface area contributed by atoms with Gasteiger partial charge >= 0.3 is 0 Å². The van der Waals surface area contributed by atoms with E-state index in [0.29, 0.717) is 5.54 Å². The van der Waals surface area contributed by atoms with Crippen LogP contribution in [0.3, 0.4) is 0 Å². The number of aromatic nitrogens is 1. The largest absolute Gasteiger partial charge is 0.308 e. The van der Waals surface area contributed by atoms with E-state index in [4.69, 9.17) is 0 Å². The standard InChI is InChI=1S/C18H29N3/c1-4-18(5-2)14-21(12-16-8-6-7-11-19-16)17(3,13-20-18)15-9-10-15/h6-8,11,15,20H,4-5,9-10,12-14H2,1-3H3. The van der Waals surface area contributed by atoms with Crippen molar-refractivity contribution in [1.82, 2.24) is 15.2 Å². The quantitative estimate of drug-likeness (QED) is 0.901. The highest BCUT2D eigenvalue weighted by molar-refractivity contribution is 5.11. The van der Waals surface area contributed by atoms with Gasteiger partial charge in [0.05, 0.1) is 5.69 Å². The number of nitrogens with zero attached hydrogens (tertiary/aromatic N) is 2. The van der Waals surface area contributed by atoms with Crippen LogP contribution in [0.2, 0.25) is 0 Å². The number of hydrogen-bond donors (Lipinski definition) is 1. The van der Waals surface area contributed by atoms with Crippen molar-refractivity contribution in [2.45, 2.75) is 64.1 Å². The first kappa shape index (κ1) is 15.0. The van der Waals surface area contributed by atoms with Gasteiger partial charge in [0.1, 0.15) is 0 Å². The van der Waals surface area contributed by atoms with Crippen LogP contribution in [-0.2, 0) is 6.54 Å². The number of hydrogen-bond acceptors (Lipinski definition) is 3. The molecule has 0 bridgehead atoms. The van der Waals surface area contributed by atoms with E-state index in [-0.39, 0.29) is 5.54 Å². The predicted octanol–water partition coefficient (Wildman–Crippen LogP) is 3.21. The Labute approximate surface area is 129 Å². The Morgan fingerprint density at radius 2 is 2.05 bits per heavy atom. The van der Waals surface area contributed by atoms with Crippen molar-refractivity contribution in [2.24, 2.45) is 5.92 Å². The molecule has 0 aromatic carbocycles. The Hall–Kier alpha value is -0.930. The van der Waals surface area contributed by atoms with Gasteiger partial charge in [-0.1, -0.05) is 19.9 Å². The van der Waals surface area contributed by atoms with Crippen LogP contribution in [0.15, 0.2) is 24.4 Å². The third-order valence-corrected chi connectivity index (χ3v) is 5.93. The molecule has 1 saturated heterocycles. The average Bonchev–Trinajstić information content (AvgIpc) is 3.36. The lowest BCUT2D eigenvalue weighted by Gasteiger charge is -2.53. The zero-order valence-electron chi connectivity index (χ0n) is 13.7. The van der Waals surface area contributed by atoms with Crippen LogP contribution in [0.5, 0.6) is 0 Å². The molecule has 1 aliphatic carbocycles. The molecule has 3 heteroatoms. The maximum atomic E-state index is 4.56. The van der Waals surface area contributed by atoms with E-state index in [1.807, 2.05) is 12.3 Å². The van der Waals surface area contributed by atoms with E-state index >= 15 is 0 Å². The van der Waals surface area contributed by atoms with Crippen molar-refractivity contribution in [3.05, 3.63) is 30.1 Å². The van der Waals surface area contributed by atoms with Gasteiger partial charge in [-0.3, -0.25) is 9.88 Å². The van der Waals surface area contributed by atoms with Crippen molar-refractivity contribution in [3.63, 3.8) is 0 Å². The predicted molar refractivity (Wildman–Crippen MR) is 87.1 cm³/mol. The summed E-state index contributed by atoms with van der Waals surface area (Å²) in [7, 11) is 0. The molecular weight excluding hydrogens is 258 g/mol. The summed E-state index contributed by atoms with van der Waals surface area (Å²) in [5, 5.41) is 3.90. The lowest BCUT2D eigenvalue weighted by Crippen LogP contribution is -2.69. The van der Waals surface area contributed by atoms with Gasteiger partial charge in [-0.15, -0.1) is 0 Å². The minimum Gasteiger partial charge on any atom is -0.308 e. The molecule has 1 aliphatic heterocycles. The Morgan fingerprint density at radius 1 is 1.29 bits per heavy atom. The Bertz CT molecular complexity index is 465. The monoisotopic (exact) mass is 287 g/mol. The minimum atomic E-state index is 0.281. The molecule has 0 amide bonds. The molecular formula is C18H29N3. The van der Waals surface area contributed by atoms with Gasteiger partial charge in [0.15, 0.2) is 0 Å². The molecule has 1 aromatic heterocycles. The van der Waals surface area contributed by atoms with Gasteiger partial charge in [-0.25, -0.2) is 0 Å². The number of rotatable bonds is 5. The number of piperazine rings is 1. The van der Waals surface area contributed by atoms with Gasteiger partial charge in [0, 0.05) is 36.9 Å². The summed E-state index contributed by atoms with van der Waals surface area (Å²) in [6, 6.07) is 6.27. The molecule has 1 aromatic rings. The fourth-order valence-electron chi connectivity index (χ4n) is 3.84. The van der Waals surface area contributed by atoms with Gasteiger partial charge in [-0.2, -0.15) is 0 Å². The molecule has 2 fully saturated rings. The third kappa shape index (κ3) is 2.86. The molecule has 3 nitrogen and oxygen atoms in total. The summed E-state index contributed by atoms with van der Waals surface area (Å²) >= 11 is 0. The highest BCUT2D eigenvalue weighted by Gasteiger charge is 2.50. The average molecular weight is 287 g/mol. The fraction of sp³-hybridized carbons (Fsp3) is 0.722. The van der Waals surface area contributed by atoms with Crippen molar-refractivity contribution >= 4 is 0 Å². The van der Waals surface area contributed by atoms with Crippen LogP contribution in [0.4, 0.5) is 0 Å². The van der Waals surface area contributed by atoms with Crippen molar-refractivity contribution in [2.75, 3.05) is 13.1 Å². The minimum absolute atomic E-state index is 0.281. The van der Waals surface area contributed by atoms with Crippen molar-refractivity contribution in [3.8, 4) is 0 Å². The second-order valence-electron chi connectivity index (χ2n) is 7.15. The first-order valence-corrected chi connectivity index (χ1v) is 8.52. The summed E-state index contributed by atoms with van der Waals surface area (Å²) in [6.45, 7) is 10.3. The fourth-order valence-corrected chi connectivity index (χ4v) is 3.84. The maximum absolute atomic E-state index is 4.56. The van der Waals surface area contributed by atoms with Crippen LogP contribution < -0.4 is 5.32 Å². The SMILES string of the molecule is CCC1(CC)CN(Cc2ccccn2)C(C)(C2CC2)CN1. The lowest BCUT2D eigenvalue weighted by atomic mass is 9.81. The van der Waals surface area contributed by atoms with E-state index in [9.17, 15) is 0 Å². The topological polar surface area (TPSA) is 28.2 Å². The van der Waals surface area contributed by atoms with Crippen LogP contribution in [-0.4, -0.2) is 34.1 Å². The molecule has 1 N–H and O–H groups in total. The molecule has 1 saturated carbocycles. The third-order valence-electron chi connectivity index (χ3n) is 5.93. The summed E-state index contributed by atoms with van der Waals surface area (Å²) in [6.07, 6.45) is 7.09. The molecule has 21 heavy (non-hydrogen) atoms. The summed E-state index contributed by atoms with van der Waals surface area (Å²) in [5.74, 6) is 0.862. The Kier molecular flexibility index (Phi) is 4.06. The normalized spacial score (nSPS) is 29.5. The summed E-state index contributed by atoms with van der Waals surface area (Å²) < 4.78 is 0. The maximum Gasteiger partial charge on any atom is 0.0544 e. The molecule has 0 radical (unpaired) electrons. The summed E-state index contributed by atoms with van der Waals surface area (Å²) in [4.78, 5) is 7.27. The Balaban J connectivity index is 1.83. The smallest absolute Gasteiger partial charge is 0.0544 e. The van der Waals surface area contributed by atoms with E-state index in [1.165, 1.54) is 31.4 Å². The number of nitrogens with one attached hydrogen (secondary N) is 1. The second-order valence-corrected chi connectivity index (χ2v) is 7.15. The first-order valence-electron chi connectivity index (χ1n) is 8.52. The molecule has 3 rings (SSSR count). The van der Waals surface area contributed by atoms with Gasteiger partial charge in [0.2, 0.25) is 0 Å². The number of pyridine rings is 1. The molecule has 1 unspecified atom stereocenters. The van der Waals surface area contributed by atoms with Gasteiger partial charge in [-0.05, 0) is 50.7 Å². The van der Waals surface area contributed by atoms with Crippen LogP contribution in [0, 0.1) is 5.92 Å². The molecule has 2 aliphatic rings. The van der Waals surface area contributed by atoms with Crippen LogP contribution >= 0.6 is 0 Å². The van der Waals surface area contributed by atoms with Crippen LogP contribution in [0.1, 0.15) is 52.1 Å². The Morgan fingerprint density at radius 3 is 2.62 bits per heavy atom. The van der Waals surface area contributed by atoms with Crippen molar-refractivity contribution in [1.29, 1.82) is 0 Å². The van der Waals surface area contributed by atoms with Crippen LogP contribution in [0.25, 0.3) is 0 Å². The zero-order chi connectivity index (χ0) is 14.9. The van der Waals surface area contributed by atoms with Gasteiger partial charge < -0.3 is 5.32 Å². The first-order chi connectivity index (χ1) is 10.1. The molecule has 0 spiro atoms. The zero-order valence-corrected chi connectivity index (χ0v) is 13.7. The molecule has 1 atom stereocenters. The second kappa shape index (κ2) is 5.69. The lowest BCUT2D eigenvalue weighted by molar-refractivity contribution is -0.00924. The van der Waals surface area contributed by atoms with E-state index in [1.54, 1.807) is 0 Å². The van der Waals surface area contributed by atoms with E-state index < -0.39 is 0 Å². The highest BCUT2D eigenvalue weighted by Crippen LogP contribution is 2.45. The molecule has 2 heterocycles. The van der Waals surface area contributed by atoms with Crippen molar-refractivity contribution < 1.29 is 0 Å². The molecule has 116 valence electrons. The van der Waals surface area contributed by atoms with E-state index in [2.05, 4.69) is 48.1 Å². The highest BCUT2D eigenvalue weighted by atomic mass is 15.3.